The Bertz CT molecular complexity index is 801. The predicted molar refractivity (Wildman–Crippen MR) is 106 cm³/mol. The Morgan fingerprint density at radius 2 is 1.67 bits per heavy atom. The molecule has 4 rings (SSSR count). The summed E-state index contributed by atoms with van der Waals surface area (Å²) >= 11 is 0. The molecule has 0 bridgehead atoms. The molecule has 140 valence electrons. The highest BCUT2D eigenvalue weighted by Crippen LogP contribution is 2.23. The lowest BCUT2D eigenvalue weighted by Gasteiger charge is -2.37. The minimum absolute atomic E-state index is 0.166. The van der Waals surface area contributed by atoms with Crippen LogP contribution in [-0.2, 0) is 16.0 Å². The number of likely N-dealkylation sites (tertiary alicyclic amines) is 2. The van der Waals surface area contributed by atoms with Crippen molar-refractivity contribution in [1.29, 1.82) is 0 Å². The van der Waals surface area contributed by atoms with Gasteiger partial charge >= 0.3 is 0 Å². The van der Waals surface area contributed by atoms with Crippen molar-refractivity contribution in [2.24, 2.45) is 0 Å². The van der Waals surface area contributed by atoms with Crippen LogP contribution in [0.4, 0.5) is 0 Å². The lowest BCUT2D eigenvalue weighted by atomic mass is 10.0. The molecule has 1 atom stereocenters. The number of carbonyl (C=O) groups is 2. The summed E-state index contributed by atoms with van der Waals surface area (Å²) in [6, 6.07) is 18.7. The van der Waals surface area contributed by atoms with Crippen LogP contribution in [0.15, 0.2) is 54.6 Å². The summed E-state index contributed by atoms with van der Waals surface area (Å²) in [6.07, 6.45) is 4.04. The van der Waals surface area contributed by atoms with Gasteiger partial charge in [0.05, 0.1) is 6.42 Å². The van der Waals surface area contributed by atoms with Gasteiger partial charge in [-0.15, -0.1) is 0 Å². The van der Waals surface area contributed by atoms with Gasteiger partial charge in [0.15, 0.2) is 0 Å². The summed E-state index contributed by atoms with van der Waals surface area (Å²) in [4.78, 5) is 28.7. The molecule has 2 saturated heterocycles. The van der Waals surface area contributed by atoms with Crippen LogP contribution in [0.5, 0.6) is 0 Å². The SMILES string of the molecule is O=C(Cc1ccc(-c2ccccc2)cc1)N1CCC[C@H](N2CCCC2=O)C1. The molecule has 0 spiro atoms. The second-order valence-electron chi connectivity index (χ2n) is 7.57. The summed E-state index contributed by atoms with van der Waals surface area (Å²) in [5.74, 6) is 0.421. The van der Waals surface area contributed by atoms with Gasteiger partial charge in [-0.05, 0) is 36.0 Å². The molecule has 2 heterocycles. The number of carbonyl (C=O) groups excluding carboxylic acids is 2. The third-order valence-electron chi connectivity index (χ3n) is 5.72. The lowest BCUT2D eigenvalue weighted by molar-refractivity contribution is -0.137. The van der Waals surface area contributed by atoms with Crippen molar-refractivity contribution in [3.05, 3.63) is 60.2 Å². The Labute approximate surface area is 160 Å². The summed E-state index contributed by atoms with van der Waals surface area (Å²) in [5, 5.41) is 0. The normalized spacial score (nSPS) is 20.1. The van der Waals surface area contributed by atoms with Crippen LogP contribution in [0, 0.1) is 0 Å². The number of hydrogen-bond donors (Lipinski definition) is 0. The molecule has 0 aromatic heterocycles. The third-order valence-corrected chi connectivity index (χ3v) is 5.72. The van der Waals surface area contributed by atoms with Gasteiger partial charge in [-0.25, -0.2) is 0 Å². The van der Waals surface area contributed by atoms with Gasteiger partial charge in [-0.2, -0.15) is 0 Å². The van der Waals surface area contributed by atoms with E-state index in [-0.39, 0.29) is 17.9 Å². The van der Waals surface area contributed by atoms with Crippen molar-refractivity contribution in [2.75, 3.05) is 19.6 Å². The average molecular weight is 362 g/mol. The van der Waals surface area contributed by atoms with Crippen LogP contribution in [-0.4, -0.2) is 47.3 Å². The van der Waals surface area contributed by atoms with Gasteiger partial charge in [0.1, 0.15) is 0 Å². The third kappa shape index (κ3) is 4.05. The lowest BCUT2D eigenvalue weighted by Crippen LogP contribution is -2.50. The van der Waals surface area contributed by atoms with E-state index in [0.717, 1.165) is 43.5 Å². The fourth-order valence-electron chi connectivity index (χ4n) is 4.22. The highest BCUT2D eigenvalue weighted by atomic mass is 16.2. The van der Waals surface area contributed by atoms with E-state index in [9.17, 15) is 9.59 Å². The van der Waals surface area contributed by atoms with Gasteiger partial charge in [0.2, 0.25) is 11.8 Å². The molecule has 0 saturated carbocycles. The zero-order valence-corrected chi connectivity index (χ0v) is 15.6. The maximum atomic E-state index is 12.8. The zero-order valence-electron chi connectivity index (χ0n) is 15.6. The number of hydrogen-bond acceptors (Lipinski definition) is 2. The standard InChI is InChI=1S/C23H26N2O2/c26-22-9-5-15-25(22)21-8-4-14-24(17-21)23(27)16-18-10-12-20(13-11-18)19-6-2-1-3-7-19/h1-3,6-7,10-13,21H,4-5,8-9,14-17H2/t21-/m0/s1. The molecule has 0 N–H and O–H groups in total. The van der Waals surface area contributed by atoms with Crippen molar-refractivity contribution in [2.45, 2.75) is 38.1 Å². The van der Waals surface area contributed by atoms with Gasteiger partial charge < -0.3 is 9.80 Å². The molecule has 2 amide bonds. The fourth-order valence-corrected chi connectivity index (χ4v) is 4.22. The van der Waals surface area contributed by atoms with Crippen molar-refractivity contribution in [3.63, 3.8) is 0 Å². The predicted octanol–water partition coefficient (Wildman–Crippen LogP) is 3.51. The Hall–Kier alpha value is -2.62. The van der Waals surface area contributed by atoms with Gasteiger partial charge in [-0.3, -0.25) is 9.59 Å². The van der Waals surface area contributed by atoms with E-state index in [4.69, 9.17) is 0 Å². The summed E-state index contributed by atoms with van der Waals surface area (Å²) in [7, 11) is 0. The molecular weight excluding hydrogens is 336 g/mol. The van der Waals surface area contributed by atoms with Gasteiger partial charge in [-0.1, -0.05) is 54.6 Å². The fraction of sp³-hybridized carbons (Fsp3) is 0.391. The first-order valence-electron chi connectivity index (χ1n) is 9.92. The zero-order chi connectivity index (χ0) is 18.6. The molecule has 4 nitrogen and oxygen atoms in total. The Morgan fingerprint density at radius 3 is 2.37 bits per heavy atom. The van der Waals surface area contributed by atoms with Crippen molar-refractivity contribution in [3.8, 4) is 11.1 Å². The largest absolute Gasteiger partial charge is 0.340 e. The molecule has 4 heteroatoms. The number of piperidine rings is 1. The maximum absolute atomic E-state index is 12.8. The molecule has 2 fully saturated rings. The van der Waals surface area contributed by atoms with E-state index >= 15 is 0 Å². The second-order valence-corrected chi connectivity index (χ2v) is 7.57. The highest BCUT2D eigenvalue weighted by molar-refractivity contribution is 5.80. The maximum Gasteiger partial charge on any atom is 0.227 e. The van der Waals surface area contributed by atoms with Gasteiger partial charge in [0, 0.05) is 32.1 Å². The molecule has 2 aliphatic heterocycles. The first-order chi connectivity index (χ1) is 13.2. The number of nitrogens with zero attached hydrogens (tertiary/aromatic N) is 2. The summed E-state index contributed by atoms with van der Waals surface area (Å²) in [5.41, 5.74) is 3.39. The monoisotopic (exact) mass is 362 g/mol. The van der Waals surface area contributed by atoms with Crippen molar-refractivity contribution in [1.82, 2.24) is 9.80 Å². The van der Waals surface area contributed by atoms with Crippen LogP contribution in [0.25, 0.3) is 11.1 Å². The van der Waals surface area contributed by atoms with E-state index in [0.29, 0.717) is 19.4 Å². The Kier molecular flexibility index (Phi) is 5.23. The quantitative estimate of drug-likeness (QED) is 0.835. The first kappa shape index (κ1) is 17.8. The van der Waals surface area contributed by atoms with Gasteiger partial charge in [0.25, 0.3) is 0 Å². The van der Waals surface area contributed by atoms with E-state index in [2.05, 4.69) is 24.3 Å². The Balaban J connectivity index is 1.37. The first-order valence-corrected chi connectivity index (χ1v) is 9.92. The number of amides is 2. The minimum atomic E-state index is 0.166. The van der Waals surface area contributed by atoms with Crippen molar-refractivity contribution >= 4 is 11.8 Å². The van der Waals surface area contributed by atoms with Crippen LogP contribution in [0.1, 0.15) is 31.2 Å². The molecule has 2 aromatic rings. The van der Waals surface area contributed by atoms with E-state index in [1.165, 1.54) is 5.56 Å². The number of rotatable bonds is 4. The Morgan fingerprint density at radius 1 is 0.926 bits per heavy atom. The molecule has 27 heavy (non-hydrogen) atoms. The van der Waals surface area contributed by atoms with Crippen molar-refractivity contribution < 1.29 is 9.59 Å². The smallest absolute Gasteiger partial charge is 0.227 e. The van der Waals surface area contributed by atoms with E-state index < -0.39 is 0 Å². The molecule has 2 aliphatic rings. The molecular formula is C23H26N2O2. The molecule has 2 aromatic carbocycles. The van der Waals surface area contributed by atoms with Crippen LogP contribution < -0.4 is 0 Å². The summed E-state index contributed by atoms with van der Waals surface area (Å²) < 4.78 is 0. The highest BCUT2D eigenvalue weighted by Gasteiger charge is 2.32. The average Bonchev–Trinajstić information content (AvgIpc) is 3.15. The molecule has 0 radical (unpaired) electrons. The minimum Gasteiger partial charge on any atom is -0.340 e. The number of benzene rings is 2. The van der Waals surface area contributed by atoms with Crippen LogP contribution in [0.2, 0.25) is 0 Å². The molecule has 0 aliphatic carbocycles. The van der Waals surface area contributed by atoms with E-state index in [1.807, 2.05) is 40.1 Å². The second kappa shape index (κ2) is 7.95. The van der Waals surface area contributed by atoms with Crippen LogP contribution >= 0.6 is 0 Å². The molecule has 0 unspecified atom stereocenters. The summed E-state index contributed by atoms with van der Waals surface area (Å²) in [6.45, 7) is 2.35. The van der Waals surface area contributed by atoms with E-state index in [1.54, 1.807) is 0 Å². The van der Waals surface area contributed by atoms with Crippen LogP contribution in [0.3, 0.4) is 0 Å². The topological polar surface area (TPSA) is 40.6 Å².